The minimum Gasteiger partial charge on any atom is -0.338 e. The van der Waals surface area contributed by atoms with Crippen LogP contribution in [0.15, 0.2) is 54.7 Å². The van der Waals surface area contributed by atoms with Crippen molar-refractivity contribution in [2.24, 2.45) is 0 Å². The monoisotopic (exact) mass is 388 g/mol. The molecule has 1 saturated heterocycles. The van der Waals surface area contributed by atoms with Gasteiger partial charge in [-0.1, -0.05) is 55.5 Å². The maximum absolute atomic E-state index is 4.74. The number of para-hydroxylation sites is 1. The maximum atomic E-state index is 4.74. The van der Waals surface area contributed by atoms with Gasteiger partial charge in [-0.25, -0.2) is 0 Å². The minimum atomic E-state index is 0.695. The zero-order valence-corrected chi connectivity index (χ0v) is 17.2. The first-order valence-electron chi connectivity index (χ1n) is 10.3. The summed E-state index contributed by atoms with van der Waals surface area (Å²) in [5.74, 6) is 1.44. The van der Waals surface area contributed by atoms with E-state index in [4.69, 9.17) is 4.98 Å². The van der Waals surface area contributed by atoms with Crippen LogP contribution in [0.1, 0.15) is 23.6 Å². The quantitative estimate of drug-likeness (QED) is 0.693. The third kappa shape index (κ3) is 4.71. The van der Waals surface area contributed by atoms with Crippen molar-refractivity contribution in [1.29, 1.82) is 0 Å². The predicted octanol–water partition coefficient (Wildman–Crippen LogP) is 3.81. The average molecular weight is 389 g/mol. The Bertz CT molecular complexity index is 935. The predicted molar refractivity (Wildman–Crippen MR) is 118 cm³/mol. The maximum Gasteiger partial charge on any atom is 0.247 e. The van der Waals surface area contributed by atoms with Gasteiger partial charge in [0.25, 0.3) is 0 Å². The Morgan fingerprint density at radius 3 is 2.52 bits per heavy atom. The molecule has 0 radical (unpaired) electrons. The highest BCUT2D eigenvalue weighted by atomic mass is 15.4. The van der Waals surface area contributed by atoms with Crippen LogP contribution in [0.3, 0.4) is 0 Å². The van der Waals surface area contributed by atoms with Crippen molar-refractivity contribution in [3.63, 3.8) is 0 Å². The summed E-state index contributed by atoms with van der Waals surface area (Å²) in [4.78, 5) is 9.43. The van der Waals surface area contributed by atoms with E-state index in [9.17, 15) is 0 Å². The van der Waals surface area contributed by atoms with E-state index < -0.39 is 0 Å². The summed E-state index contributed by atoms with van der Waals surface area (Å²) in [6, 6.07) is 17.0. The van der Waals surface area contributed by atoms with Gasteiger partial charge in [-0.2, -0.15) is 10.1 Å². The summed E-state index contributed by atoms with van der Waals surface area (Å²) < 4.78 is 0. The minimum absolute atomic E-state index is 0.695. The molecule has 0 saturated carbocycles. The number of benzene rings is 2. The molecule has 0 amide bonds. The Labute approximate surface area is 172 Å². The van der Waals surface area contributed by atoms with Crippen molar-refractivity contribution in [3.05, 3.63) is 71.4 Å². The number of nitrogens with one attached hydrogen (secondary N) is 1. The molecule has 4 rings (SSSR count). The Kier molecular flexibility index (Phi) is 6.00. The van der Waals surface area contributed by atoms with E-state index in [1.165, 1.54) is 16.7 Å². The van der Waals surface area contributed by atoms with Crippen LogP contribution >= 0.6 is 0 Å². The van der Waals surface area contributed by atoms with Crippen LogP contribution in [0, 0.1) is 6.92 Å². The molecule has 1 aliphatic rings. The van der Waals surface area contributed by atoms with Crippen molar-refractivity contribution in [1.82, 2.24) is 20.1 Å². The van der Waals surface area contributed by atoms with Gasteiger partial charge in [0.05, 0.1) is 6.20 Å². The van der Waals surface area contributed by atoms with Crippen molar-refractivity contribution < 1.29 is 0 Å². The SMILES string of the molecule is CCc1cccc(C)c1Nc1cnnc(N2CCN(Cc3ccccc3)CC2)n1. The molecule has 0 aliphatic carbocycles. The van der Waals surface area contributed by atoms with Crippen LogP contribution in [0.4, 0.5) is 17.5 Å². The van der Waals surface area contributed by atoms with Gasteiger partial charge < -0.3 is 10.2 Å². The van der Waals surface area contributed by atoms with Gasteiger partial charge in [0.1, 0.15) is 0 Å². The zero-order chi connectivity index (χ0) is 20.1. The highest BCUT2D eigenvalue weighted by molar-refractivity contribution is 5.64. The summed E-state index contributed by atoms with van der Waals surface area (Å²) in [7, 11) is 0. The van der Waals surface area contributed by atoms with Crippen molar-refractivity contribution >= 4 is 17.5 Å². The molecular weight excluding hydrogens is 360 g/mol. The van der Waals surface area contributed by atoms with Gasteiger partial charge >= 0.3 is 0 Å². The number of anilines is 3. The number of aromatic nitrogens is 3. The Morgan fingerprint density at radius 2 is 1.76 bits per heavy atom. The lowest BCUT2D eigenvalue weighted by molar-refractivity contribution is 0.248. The van der Waals surface area contributed by atoms with E-state index in [1.54, 1.807) is 6.20 Å². The normalized spacial score (nSPS) is 14.8. The molecule has 0 bridgehead atoms. The van der Waals surface area contributed by atoms with E-state index in [-0.39, 0.29) is 0 Å². The molecule has 29 heavy (non-hydrogen) atoms. The summed E-state index contributed by atoms with van der Waals surface area (Å²) in [5.41, 5.74) is 4.96. The number of aryl methyl sites for hydroxylation is 2. The second kappa shape index (κ2) is 9.01. The zero-order valence-electron chi connectivity index (χ0n) is 17.2. The van der Waals surface area contributed by atoms with Gasteiger partial charge in [0.2, 0.25) is 5.95 Å². The lowest BCUT2D eigenvalue weighted by atomic mass is 10.1. The molecule has 0 atom stereocenters. The van der Waals surface area contributed by atoms with Crippen LogP contribution in [-0.4, -0.2) is 46.3 Å². The van der Waals surface area contributed by atoms with E-state index in [1.807, 2.05) is 0 Å². The lowest BCUT2D eigenvalue weighted by Crippen LogP contribution is -2.46. The molecule has 2 aromatic carbocycles. The molecular formula is C23H28N6. The third-order valence-corrected chi connectivity index (χ3v) is 5.44. The molecule has 6 nitrogen and oxygen atoms in total. The van der Waals surface area contributed by atoms with Gasteiger partial charge in [0.15, 0.2) is 5.82 Å². The second-order valence-corrected chi connectivity index (χ2v) is 7.48. The summed E-state index contributed by atoms with van der Waals surface area (Å²) >= 11 is 0. The van der Waals surface area contributed by atoms with Crippen LogP contribution in [-0.2, 0) is 13.0 Å². The van der Waals surface area contributed by atoms with E-state index in [0.29, 0.717) is 5.95 Å². The highest BCUT2D eigenvalue weighted by Gasteiger charge is 2.20. The molecule has 0 spiro atoms. The van der Waals surface area contributed by atoms with Crippen molar-refractivity contribution in [2.45, 2.75) is 26.8 Å². The molecule has 0 unspecified atom stereocenters. The number of piperazine rings is 1. The molecule has 1 aromatic heterocycles. The second-order valence-electron chi connectivity index (χ2n) is 7.48. The average Bonchev–Trinajstić information content (AvgIpc) is 2.77. The molecule has 1 N–H and O–H groups in total. The van der Waals surface area contributed by atoms with Crippen molar-refractivity contribution in [3.8, 4) is 0 Å². The largest absolute Gasteiger partial charge is 0.338 e. The number of hydrogen-bond acceptors (Lipinski definition) is 6. The topological polar surface area (TPSA) is 57.2 Å². The standard InChI is InChI=1S/C23H28N6/c1-3-20-11-7-8-18(2)22(20)25-21-16-24-27-23(26-21)29-14-12-28(13-15-29)17-19-9-5-4-6-10-19/h4-11,16H,3,12-15,17H2,1-2H3,(H,25,26,27). The van der Waals surface area contributed by atoms with Gasteiger partial charge in [-0.15, -0.1) is 5.10 Å². The highest BCUT2D eigenvalue weighted by Crippen LogP contribution is 2.25. The van der Waals surface area contributed by atoms with E-state index in [2.05, 4.69) is 87.7 Å². The first-order chi connectivity index (χ1) is 14.2. The third-order valence-electron chi connectivity index (χ3n) is 5.44. The van der Waals surface area contributed by atoms with Crippen LogP contribution in [0.2, 0.25) is 0 Å². The molecule has 3 aromatic rings. The first kappa shape index (κ1) is 19.3. The van der Waals surface area contributed by atoms with Gasteiger partial charge in [-0.05, 0) is 30.0 Å². The molecule has 1 fully saturated rings. The first-order valence-corrected chi connectivity index (χ1v) is 10.3. The van der Waals surface area contributed by atoms with Crippen LogP contribution < -0.4 is 10.2 Å². The summed E-state index contributed by atoms with van der Waals surface area (Å²) in [5, 5.41) is 11.9. The Morgan fingerprint density at radius 1 is 0.966 bits per heavy atom. The summed E-state index contributed by atoms with van der Waals surface area (Å²) in [6.07, 6.45) is 2.67. The fourth-order valence-electron chi connectivity index (χ4n) is 3.77. The fraction of sp³-hybridized carbons (Fsp3) is 0.348. The van der Waals surface area contributed by atoms with E-state index >= 15 is 0 Å². The fourth-order valence-corrected chi connectivity index (χ4v) is 3.77. The number of rotatable bonds is 6. The Balaban J connectivity index is 1.41. The van der Waals surface area contributed by atoms with E-state index in [0.717, 1.165) is 50.6 Å². The van der Waals surface area contributed by atoms with Crippen LogP contribution in [0.5, 0.6) is 0 Å². The smallest absolute Gasteiger partial charge is 0.247 e. The van der Waals surface area contributed by atoms with Crippen molar-refractivity contribution in [2.75, 3.05) is 36.4 Å². The molecule has 6 heteroatoms. The number of hydrogen-bond donors (Lipinski definition) is 1. The lowest BCUT2D eigenvalue weighted by Gasteiger charge is -2.34. The van der Waals surface area contributed by atoms with Gasteiger partial charge in [0, 0.05) is 38.4 Å². The summed E-state index contributed by atoms with van der Waals surface area (Å²) in [6.45, 7) is 9.07. The molecule has 2 heterocycles. The number of nitrogens with zero attached hydrogens (tertiary/aromatic N) is 5. The molecule has 150 valence electrons. The van der Waals surface area contributed by atoms with Gasteiger partial charge in [-0.3, -0.25) is 4.90 Å². The molecule has 1 aliphatic heterocycles. The Hall–Kier alpha value is -2.99. The van der Waals surface area contributed by atoms with Crippen LogP contribution in [0.25, 0.3) is 0 Å².